The van der Waals surface area contributed by atoms with E-state index in [0.29, 0.717) is 12.4 Å². The summed E-state index contributed by atoms with van der Waals surface area (Å²) < 4.78 is 11.3. The average Bonchev–Trinajstić information content (AvgIpc) is 2.85. The second-order valence-corrected chi connectivity index (χ2v) is 7.73. The molecule has 0 aliphatic heterocycles. The maximum Gasteiger partial charge on any atom is 0.212 e. The molecule has 0 amide bonds. The summed E-state index contributed by atoms with van der Waals surface area (Å²) in [7, 11) is 1.61. The van der Waals surface area contributed by atoms with Crippen LogP contribution in [0.4, 0.5) is 5.82 Å². The number of methoxy groups -OCH3 is 1. The van der Waals surface area contributed by atoms with Crippen molar-refractivity contribution >= 4 is 11.5 Å². The Balaban J connectivity index is 1.43. The van der Waals surface area contributed by atoms with Crippen LogP contribution >= 0.6 is 0 Å². The summed E-state index contributed by atoms with van der Waals surface area (Å²) in [5.74, 6) is 2.86. The van der Waals surface area contributed by atoms with E-state index in [9.17, 15) is 0 Å². The first kappa shape index (κ1) is 22.1. The van der Waals surface area contributed by atoms with E-state index in [1.807, 2.05) is 49.4 Å². The fourth-order valence-electron chi connectivity index (χ4n) is 3.53. The number of anilines is 1. The molecule has 0 saturated carbocycles. The molecule has 0 saturated heterocycles. The van der Waals surface area contributed by atoms with Crippen molar-refractivity contribution in [2.45, 2.75) is 26.3 Å². The van der Waals surface area contributed by atoms with Gasteiger partial charge in [0, 0.05) is 53.6 Å². The summed E-state index contributed by atoms with van der Waals surface area (Å²) in [5.41, 5.74) is 5.02. The van der Waals surface area contributed by atoms with Gasteiger partial charge in [-0.1, -0.05) is 36.9 Å². The number of aromatic nitrogens is 2. The minimum Gasteiger partial charge on any atom is -0.481 e. The molecule has 0 fully saturated rings. The number of pyridine rings is 2. The van der Waals surface area contributed by atoms with Crippen LogP contribution in [0.3, 0.4) is 0 Å². The van der Waals surface area contributed by atoms with E-state index >= 15 is 0 Å². The lowest BCUT2D eigenvalue weighted by Gasteiger charge is -2.16. The second kappa shape index (κ2) is 10.5. The normalized spacial score (nSPS) is 12.6. The number of nitrogens with zero attached hydrogens (tertiary/aromatic N) is 2. The van der Waals surface area contributed by atoms with Crippen LogP contribution in [0.2, 0.25) is 0 Å². The van der Waals surface area contributed by atoms with Crippen LogP contribution < -0.4 is 20.1 Å². The zero-order chi connectivity index (χ0) is 23.0. The van der Waals surface area contributed by atoms with E-state index in [1.54, 1.807) is 19.5 Å². The topological polar surface area (TPSA) is 68.3 Å². The van der Waals surface area contributed by atoms with E-state index in [1.165, 1.54) is 0 Å². The van der Waals surface area contributed by atoms with E-state index in [0.717, 1.165) is 58.2 Å². The van der Waals surface area contributed by atoms with Crippen molar-refractivity contribution in [3.63, 3.8) is 0 Å². The predicted molar refractivity (Wildman–Crippen MR) is 132 cm³/mol. The van der Waals surface area contributed by atoms with Gasteiger partial charge in [-0.25, -0.2) is 9.97 Å². The largest absolute Gasteiger partial charge is 0.481 e. The third-order valence-corrected chi connectivity index (χ3v) is 5.38. The Kier molecular flexibility index (Phi) is 7.05. The fourth-order valence-corrected chi connectivity index (χ4v) is 3.53. The predicted octanol–water partition coefficient (Wildman–Crippen LogP) is 5.99. The molecule has 168 valence electrons. The van der Waals surface area contributed by atoms with Gasteiger partial charge in [0.2, 0.25) is 5.88 Å². The van der Waals surface area contributed by atoms with Gasteiger partial charge < -0.3 is 20.1 Å². The van der Waals surface area contributed by atoms with Crippen molar-refractivity contribution in [1.82, 2.24) is 15.3 Å². The molecule has 4 rings (SSSR count). The first-order chi connectivity index (χ1) is 16.1. The Bertz CT molecular complexity index is 1180. The van der Waals surface area contributed by atoms with Gasteiger partial charge in [0.25, 0.3) is 0 Å². The third-order valence-electron chi connectivity index (χ3n) is 5.38. The minimum absolute atomic E-state index is 0.597. The molecule has 2 N–H and O–H groups in total. The molecule has 0 unspecified atom stereocenters. The van der Waals surface area contributed by atoms with Crippen LogP contribution in [0.5, 0.6) is 17.4 Å². The maximum atomic E-state index is 6.21. The zero-order valence-corrected chi connectivity index (χ0v) is 19.0. The van der Waals surface area contributed by atoms with Gasteiger partial charge >= 0.3 is 0 Å². The van der Waals surface area contributed by atoms with Gasteiger partial charge in [-0.2, -0.15) is 0 Å². The Hall–Kier alpha value is -4.06. The number of hydrogen-bond acceptors (Lipinski definition) is 6. The molecule has 6 heteroatoms. The SMILES string of the molecule is C=C(NCc1ccc(OC)nc1)c1cccc(Oc2ccnc(NC3=CC=CCC3)c2)c1C. The average molecular weight is 441 g/mol. The monoisotopic (exact) mass is 440 g/mol. The Morgan fingerprint density at radius 2 is 2.06 bits per heavy atom. The fraction of sp³-hybridized carbons (Fsp3) is 0.185. The molecule has 3 aromatic rings. The lowest BCUT2D eigenvalue weighted by molar-refractivity contribution is 0.397. The van der Waals surface area contributed by atoms with Crippen molar-refractivity contribution in [3.05, 3.63) is 102 Å². The van der Waals surface area contributed by atoms with Crippen LogP contribution in [-0.4, -0.2) is 17.1 Å². The molecule has 1 aliphatic carbocycles. The molecular formula is C27H28N4O2. The smallest absolute Gasteiger partial charge is 0.212 e. The first-order valence-corrected chi connectivity index (χ1v) is 10.9. The van der Waals surface area contributed by atoms with Crippen LogP contribution in [0, 0.1) is 6.92 Å². The molecule has 0 atom stereocenters. The number of hydrogen-bond donors (Lipinski definition) is 2. The summed E-state index contributed by atoms with van der Waals surface area (Å²) >= 11 is 0. The van der Waals surface area contributed by atoms with Crippen molar-refractivity contribution in [2.75, 3.05) is 12.4 Å². The van der Waals surface area contributed by atoms with E-state index in [2.05, 4.69) is 45.4 Å². The number of allylic oxidation sites excluding steroid dienone is 4. The van der Waals surface area contributed by atoms with E-state index in [-0.39, 0.29) is 0 Å². The summed E-state index contributed by atoms with van der Waals surface area (Å²) in [6.07, 6.45) is 11.9. The number of rotatable bonds is 9. The third kappa shape index (κ3) is 5.80. The summed E-state index contributed by atoms with van der Waals surface area (Å²) in [4.78, 5) is 8.66. The van der Waals surface area contributed by atoms with Crippen molar-refractivity contribution in [1.29, 1.82) is 0 Å². The van der Waals surface area contributed by atoms with E-state index < -0.39 is 0 Å². The highest BCUT2D eigenvalue weighted by Crippen LogP contribution is 2.30. The molecule has 33 heavy (non-hydrogen) atoms. The number of benzene rings is 1. The lowest BCUT2D eigenvalue weighted by Crippen LogP contribution is -2.12. The van der Waals surface area contributed by atoms with Crippen molar-refractivity contribution < 1.29 is 9.47 Å². The Morgan fingerprint density at radius 1 is 1.15 bits per heavy atom. The number of ether oxygens (including phenoxy) is 2. The molecule has 0 spiro atoms. The molecule has 0 radical (unpaired) electrons. The van der Waals surface area contributed by atoms with Gasteiger partial charge in [0.15, 0.2) is 0 Å². The van der Waals surface area contributed by atoms with Crippen LogP contribution in [0.15, 0.2) is 85.4 Å². The lowest BCUT2D eigenvalue weighted by atomic mass is 10.1. The summed E-state index contributed by atoms with van der Waals surface area (Å²) in [6, 6.07) is 13.6. The van der Waals surface area contributed by atoms with E-state index in [4.69, 9.17) is 9.47 Å². The molecule has 2 aromatic heterocycles. The number of nitrogens with one attached hydrogen (secondary N) is 2. The van der Waals surface area contributed by atoms with Gasteiger partial charge in [0.1, 0.15) is 17.3 Å². The standard InChI is InChI=1S/C27H28N4O2/c1-19-24(20(2)29-17-21-12-13-27(32-3)30-18-21)10-7-11-25(19)33-23-14-15-28-26(16-23)31-22-8-5-4-6-9-22/h4-5,7-8,10-16,18,29H,2,6,9,17H2,1,3H3,(H,28,31). The Labute approximate surface area is 194 Å². The van der Waals surface area contributed by atoms with Gasteiger partial charge in [-0.15, -0.1) is 0 Å². The van der Waals surface area contributed by atoms with Gasteiger partial charge in [-0.05, 0) is 43.5 Å². The molecule has 1 aromatic carbocycles. The molecular weight excluding hydrogens is 412 g/mol. The Morgan fingerprint density at radius 3 is 2.82 bits per heavy atom. The minimum atomic E-state index is 0.597. The van der Waals surface area contributed by atoms with Gasteiger partial charge in [-0.3, -0.25) is 0 Å². The molecule has 6 nitrogen and oxygen atoms in total. The highest BCUT2D eigenvalue weighted by Gasteiger charge is 2.10. The zero-order valence-electron chi connectivity index (χ0n) is 19.0. The first-order valence-electron chi connectivity index (χ1n) is 10.9. The second-order valence-electron chi connectivity index (χ2n) is 7.73. The summed E-state index contributed by atoms with van der Waals surface area (Å²) in [5, 5.41) is 6.75. The quantitative estimate of drug-likeness (QED) is 0.426. The van der Waals surface area contributed by atoms with Crippen molar-refractivity contribution in [3.8, 4) is 17.4 Å². The van der Waals surface area contributed by atoms with Gasteiger partial charge in [0.05, 0.1) is 7.11 Å². The highest BCUT2D eigenvalue weighted by atomic mass is 16.5. The van der Waals surface area contributed by atoms with Crippen LogP contribution in [-0.2, 0) is 6.54 Å². The van der Waals surface area contributed by atoms with Crippen LogP contribution in [0.1, 0.15) is 29.5 Å². The van der Waals surface area contributed by atoms with Crippen LogP contribution in [0.25, 0.3) is 5.70 Å². The maximum absolute atomic E-state index is 6.21. The molecule has 1 aliphatic rings. The molecule has 2 heterocycles. The van der Waals surface area contributed by atoms with Crippen molar-refractivity contribution in [2.24, 2.45) is 0 Å². The summed E-state index contributed by atoms with van der Waals surface area (Å²) in [6.45, 7) is 6.87. The molecule has 0 bridgehead atoms. The highest BCUT2D eigenvalue weighted by molar-refractivity contribution is 5.67.